The number of benzene rings is 2. The lowest BCUT2D eigenvalue weighted by atomic mass is 10.0. The fourth-order valence-electron chi connectivity index (χ4n) is 4.79. The molecule has 0 bridgehead atoms. The summed E-state index contributed by atoms with van der Waals surface area (Å²) < 4.78 is 5.95. The predicted octanol–water partition coefficient (Wildman–Crippen LogP) is 11.4. The third-order valence-corrected chi connectivity index (χ3v) is 7.26. The van der Waals surface area contributed by atoms with Gasteiger partial charge in [0.25, 0.3) is 0 Å². The molecule has 0 fully saturated rings. The lowest BCUT2D eigenvalue weighted by Crippen LogP contribution is -1.97. The molecule has 0 heterocycles. The summed E-state index contributed by atoms with van der Waals surface area (Å²) >= 11 is 0. The van der Waals surface area contributed by atoms with Crippen molar-refractivity contribution < 1.29 is 4.74 Å². The first kappa shape index (κ1) is 31.1. The number of ether oxygens (including phenoxy) is 1. The number of hydrogen-bond donors (Lipinski definition) is 0. The van der Waals surface area contributed by atoms with Crippen molar-refractivity contribution in [3.05, 3.63) is 59.7 Å². The van der Waals surface area contributed by atoms with E-state index in [1.165, 1.54) is 121 Å². The summed E-state index contributed by atoms with van der Waals surface area (Å²) in [5, 5.41) is 0. The number of rotatable bonds is 23. The Hall–Kier alpha value is -2.09. The van der Waals surface area contributed by atoms with Crippen molar-refractivity contribution in [1.29, 1.82) is 0 Å². The molecular formula is C35H55NO. The van der Waals surface area contributed by atoms with Crippen molar-refractivity contribution in [3.8, 4) is 5.75 Å². The minimum Gasteiger partial charge on any atom is -0.494 e. The Labute approximate surface area is 229 Å². The van der Waals surface area contributed by atoms with Crippen LogP contribution < -0.4 is 4.74 Å². The van der Waals surface area contributed by atoms with Gasteiger partial charge in [0.2, 0.25) is 0 Å². The molecule has 206 valence electrons. The van der Waals surface area contributed by atoms with Crippen LogP contribution in [0.3, 0.4) is 0 Å². The minimum absolute atomic E-state index is 0.816. The van der Waals surface area contributed by atoms with E-state index in [4.69, 9.17) is 4.74 Å². The summed E-state index contributed by atoms with van der Waals surface area (Å²) in [6.45, 7) is 5.37. The van der Waals surface area contributed by atoms with Gasteiger partial charge in [0.05, 0.1) is 12.3 Å². The summed E-state index contributed by atoms with van der Waals surface area (Å²) in [5.74, 6) is 0.958. The molecule has 0 atom stereocenters. The van der Waals surface area contributed by atoms with Crippen LogP contribution in [0.4, 0.5) is 5.69 Å². The molecule has 0 saturated carbocycles. The smallest absolute Gasteiger partial charge is 0.119 e. The Morgan fingerprint density at radius 3 is 1.57 bits per heavy atom. The Kier molecular flexibility index (Phi) is 18.5. The second-order valence-corrected chi connectivity index (χ2v) is 10.7. The maximum atomic E-state index is 5.95. The van der Waals surface area contributed by atoms with Gasteiger partial charge in [-0.2, -0.15) is 0 Å². The average Bonchev–Trinajstić information content (AvgIpc) is 2.93. The van der Waals surface area contributed by atoms with Gasteiger partial charge in [0, 0.05) is 6.21 Å². The number of hydrogen-bond acceptors (Lipinski definition) is 2. The van der Waals surface area contributed by atoms with Crippen LogP contribution in [0.1, 0.15) is 141 Å². The lowest BCUT2D eigenvalue weighted by molar-refractivity contribution is 0.304. The summed E-state index contributed by atoms with van der Waals surface area (Å²) in [6, 6.07) is 17.0. The van der Waals surface area contributed by atoms with E-state index in [1.54, 1.807) is 0 Å². The number of aryl methyl sites for hydroxylation is 1. The molecule has 2 nitrogen and oxygen atoms in total. The fraction of sp³-hybridized carbons (Fsp3) is 0.629. The van der Waals surface area contributed by atoms with E-state index < -0.39 is 0 Å². The van der Waals surface area contributed by atoms with E-state index in [-0.39, 0.29) is 0 Å². The van der Waals surface area contributed by atoms with Gasteiger partial charge >= 0.3 is 0 Å². The topological polar surface area (TPSA) is 21.6 Å². The molecule has 0 spiro atoms. The molecule has 0 aliphatic heterocycles. The van der Waals surface area contributed by atoms with E-state index in [9.17, 15) is 0 Å². The van der Waals surface area contributed by atoms with Crippen LogP contribution in [0.2, 0.25) is 0 Å². The first-order valence-corrected chi connectivity index (χ1v) is 15.7. The van der Waals surface area contributed by atoms with Gasteiger partial charge < -0.3 is 4.74 Å². The zero-order chi connectivity index (χ0) is 26.2. The van der Waals surface area contributed by atoms with Crippen molar-refractivity contribution in [1.82, 2.24) is 0 Å². The molecule has 0 radical (unpaired) electrons. The highest BCUT2D eigenvalue weighted by molar-refractivity contribution is 5.82. The highest BCUT2D eigenvalue weighted by atomic mass is 16.5. The highest BCUT2D eigenvalue weighted by Crippen LogP contribution is 2.17. The molecule has 2 heteroatoms. The average molecular weight is 506 g/mol. The van der Waals surface area contributed by atoms with Gasteiger partial charge in [0.1, 0.15) is 5.75 Å². The van der Waals surface area contributed by atoms with Crippen molar-refractivity contribution in [3.63, 3.8) is 0 Å². The van der Waals surface area contributed by atoms with Crippen LogP contribution in [0, 0.1) is 0 Å². The maximum absolute atomic E-state index is 5.95. The quantitative estimate of drug-likeness (QED) is 0.109. The molecule has 37 heavy (non-hydrogen) atoms. The molecular weight excluding hydrogens is 450 g/mol. The van der Waals surface area contributed by atoms with Crippen LogP contribution in [0.15, 0.2) is 53.5 Å². The first-order chi connectivity index (χ1) is 18.3. The lowest BCUT2D eigenvalue weighted by Gasteiger charge is -2.06. The van der Waals surface area contributed by atoms with Crippen molar-refractivity contribution in [2.24, 2.45) is 4.99 Å². The van der Waals surface area contributed by atoms with Gasteiger partial charge in [-0.1, -0.05) is 129 Å². The van der Waals surface area contributed by atoms with E-state index >= 15 is 0 Å². The molecule has 2 aromatic carbocycles. The van der Waals surface area contributed by atoms with E-state index in [0.29, 0.717) is 0 Å². The summed E-state index contributed by atoms with van der Waals surface area (Å²) in [7, 11) is 0. The standard InChI is InChI=1S/C35H55NO/c1-3-5-7-9-10-11-12-13-14-15-16-18-20-30-37-35-28-24-33(25-29-35)31-36-34-26-22-32(23-27-34)21-19-17-8-6-4-2/h22-29,31H,3-21,30H2,1-2H3. The Balaban J connectivity index is 1.50. The van der Waals surface area contributed by atoms with E-state index in [1.807, 2.05) is 6.21 Å². The van der Waals surface area contributed by atoms with Gasteiger partial charge in [-0.15, -0.1) is 0 Å². The van der Waals surface area contributed by atoms with Crippen molar-refractivity contribution in [2.45, 2.75) is 136 Å². The Bertz CT molecular complexity index is 793. The molecule has 0 unspecified atom stereocenters. The monoisotopic (exact) mass is 505 g/mol. The minimum atomic E-state index is 0.816. The van der Waals surface area contributed by atoms with Crippen molar-refractivity contribution in [2.75, 3.05) is 6.61 Å². The van der Waals surface area contributed by atoms with E-state index in [0.717, 1.165) is 30.0 Å². The van der Waals surface area contributed by atoms with Gasteiger partial charge in [-0.05, 0) is 66.8 Å². The normalized spacial score (nSPS) is 11.4. The summed E-state index contributed by atoms with van der Waals surface area (Å²) in [6.07, 6.45) is 27.7. The van der Waals surface area contributed by atoms with Gasteiger partial charge in [-0.3, -0.25) is 4.99 Å². The molecule has 0 N–H and O–H groups in total. The van der Waals surface area contributed by atoms with E-state index in [2.05, 4.69) is 67.4 Å². The van der Waals surface area contributed by atoms with Crippen LogP contribution in [-0.4, -0.2) is 12.8 Å². The largest absolute Gasteiger partial charge is 0.494 e. The third-order valence-electron chi connectivity index (χ3n) is 7.26. The Morgan fingerprint density at radius 2 is 1.03 bits per heavy atom. The van der Waals surface area contributed by atoms with Crippen LogP contribution >= 0.6 is 0 Å². The molecule has 2 rings (SSSR count). The van der Waals surface area contributed by atoms with Crippen LogP contribution in [0.5, 0.6) is 5.75 Å². The molecule has 0 aromatic heterocycles. The van der Waals surface area contributed by atoms with Gasteiger partial charge in [0.15, 0.2) is 0 Å². The summed E-state index contributed by atoms with van der Waals surface area (Å²) in [4.78, 5) is 4.64. The molecule has 0 amide bonds. The second kappa shape index (κ2) is 21.9. The Morgan fingerprint density at radius 1 is 0.541 bits per heavy atom. The predicted molar refractivity (Wildman–Crippen MR) is 164 cm³/mol. The number of nitrogens with zero attached hydrogens (tertiary/aromatic N) is 1. The highest BCUT2D eigenvalue weighted by Gasteiger charge is 1.98. The molecule has 0 aliphatic rings. The number of aliphatic imine (C=N–C) groups is 1. The maximum Gasteiger partial charge on any atom is 0.119 e. The number of unbranched alkanes of at least 4 members (excludes halogenated alkanes) is 16. The van der Waals surface area contributed by atoms with Crippen molar-refractivity contribution >= 4 is 11.9 Å². The second-order valence-electron chi connectivity index (χ2n) is 10.7. The third kappa shape index (κ3) is 16.4. The zero-order valence-electron chi connectivity index (χ0n) is 24.2. The summed E-state index contributed by atoms with van der Waals surface area (Å²) in [5.41, 5.74) is 3.53. The molecule has 0 aliphatic carbocycles. The SMILES string of the molecule is CCCCCCCCCCCCCCCOc1ccc(C=Nc2ccc(CCCCCCC)cc2)cc1. The first-order valence-electron chi connectivity index (χ1n) is 15.7. The zero-order valence-corrected chi connectivity index (χ0v) is 24.2. The van der Waals surface area contributed by atoms with Crippen LogP contribution in [-0.2, 0) is 6.42 Å². The fourth-order valence-corrected chi connectivity index (χ4v) is 4.79. The van der Waals surface area contributed by atoms with Gasteiger partial charge in [-0.25, -0.2) is 0 Å². The molecule has 0 saturated heterocycles. The van der Waals surface area contributed by atoms with Crippen LogP contribution in [0.25, 0.3) is 0 Å². The molecule has 2 aromatic rings.